The van der Waals surface area contributed by atoms with Crippen LogP contribution in [0.15, 0.2) is 35.3 Å². The Labute approximate surface area is 121 Å². The van der Waals surface area contributed by atoms with Gasteiger partial charge in [0.15, 0.2) is 5.82 Å². The number of fused-ring (bicyclic) bond motifs is 1. The van der Waals surface area contributed by atoms with Crippen LogP contribution in [0, 0.1) is 6.92 Å². The molecule has 2 heterocycles. The van der Waals surface area contributed by atoms with Crippen LogP contribution in [0.1, 0.15) is 5.69 Å². The third-order valence-electron chi connectivity index (χ3n) is 2.70. The van der Waals surface area contributed by atoms with E-state index in [9.17, 15) is 0 Å². The molecule has 0 N–H and O–H groups in total. The van der Waals surface area contributed by atoms with Gasteiger partial charge < -0.3 is 4.90 Å². The molecule has 3 rings (SSSR count). The summed E-state index contributed by atoms with van der Waals surface area (Å²) in [5.74, 6) is 0.787. The Kier molecular flexibility index (Phi) is 3.23. The van der Waals surface area contributed by atoms with Crippen LogP contribution in [0.2, 0.25) is 0 Å². The van der Waals surface area contributed by atoms with Gasteiger partial charge in [-0.2, -0.15) is 9.78 Å². The van der Waals surface area contributed by atoms with Gasteiger partial charge in [0.25, 0.3) is 0 Å². The van der Waals surface area contributed by atoms with Crippen LogP contribution < -0.4 is 0 Å². The number of hydrogen-bond acceptors (Lipinski definition) is 4. The molecule has 0 radical (unpaired) electrons. The lowest BCUT2D eigenvalue weighted by molar-refractivity contribution is 0.642. The lowest BCUT2D eigenvalue weighted by Crippen LogP contribution is -2.07. The molecule has 0 unspecified atom stereocenters. The topological polar surface area (TPSA) is 46.3 Å². The number of rotatable bonds is 3. The number of para-hydroxylation sites is 1. The van der Waals surface area contributed by atoms with Gasteiger partial charge in [-0.1, -0.05) is 23.5 Å². The molecule has 1 aromatic carbocycles. The second-order valence-corrected chi connectivity index (χ2v) is 5.74. The first-order valence-corrected chi connectivity index (χ1v) is 7.08. The van der Waals surface area contributed by atoms with Crippen LogP contribution in [0.3, 0.4) is 0 Å². The van der Waals surface area contributed by atoms with E-state index >= 15 is 0 Å². The average Bonchev–Trinajstić information content (AvgIpc) is 2.99. The van der Waals surface area contributed by atoms with Crippen LogP contribution in [-0.2, 0) is 0 Å². The predicted molar refractivity (Wildman–Crippen MR) is 83.3 cm³/mol. The Balaban J connectivity index is 2.09. The Morgan fingerprint density at radius 3 is 2.85 bits per heavy atom. The van der Waals surface area contributed by atoms with Gasteiger partial charge in [-0.3, -0.25) is 0 Å². The molecule has 2 aromatic heterocycles. The van der Waals surface area contributed by atoms with Crippen molar-refractivity contribution >= 4 is 33.7 Å². The number of aromatic nitrogens is 3. The second kappa shape index (κ2) is 5.05. The standard InChI is InChI=1S/C14H15N5S/c1-10-8-13(15-9-18(2)3)19(17-10)14-16-11-6-4-5-7-12(11)20-14/h4-9H,1-3H3. The maximum Gasteiger partial charge on any atom is 0.213 e. The Bertz CT molecular complexity index is 736. The number of benzene rings is 1. The van der Waals surface area contributed by atoms with Crippen LogP contribution in [0.25, 0.3) is 15.3 Å². The average molecular weight is 285 g/mol. The minimum Gasteiger partial charge on any atom is -0.369 e. The summed E-state index contributed by atoms with van der Waals surface area (Å²) in [5, 5.41) is 5.32. The molecule has 0 amide bonds. The molecule has 3 aromatic rings. The minimum absolute atomic E-state index is 0.787. The predicted octanol–water partition coefficient (Wildman–Crippen LogP) is 3.01. The summed E-state index contributed by atoms with van der Waals surface area (Å²) in [6, 6.07) is 10.0. The van der Waals surface area contributed by atoms with Crippen molar-refractivity contribution in [2.24, 2.45) is 4.99 Å². The maximum atomic E-state index is 4.62. The van der Waals surface area contributed by atoms with E-state index in [1.54, 1.807) is 22.4 Å². The van der Waals surface area contributed by atoms with E-state index in [0.717, 1.165) is 26.9 Å². The molecule has 0 bridgehead atoms. The highest BCUT2D eigenvalue weighted by Gasteiger charge is 2.11. The molecule has 102 valence electrons. The quantitative estimate of drug-likeness (QED) is 0.549. The highest BCUT2D eigenvalue weighted by atomic mass is 32.1. The molecule has 0 aliphatic carbocycles. The van der Waals surface area contributed by atoms with Crippen molar-refractivity contribution in [2.75, 3.05) is 14.1 Å². The Hall–Kier alpha value is -2.21. The van der Waals surface area contributed by atoms with E-state index in [0.29, 0.717) is 0 Å². The van der Waals surface area contributed by atoms with Gasteiger partial charge in [-0.15, -0.1) is 0 Å². The summed E-state index contributed by atoms with van der Waals surface area (Å²) in [6.45, 7) is 1.96. The van der Waals surface area contributed by atoms with Crippen LogP contribution in [0.4, 0.5) is 5.82 Å². The van der Waals surface area contributed by atoms with Crippen molar-refractivity contribution in [3.05, 3.63) is 36.0 Å². The zero-order valence-electron chi connectivity index (χ0n) is 11.6. The SMILES string of the molecule is Cc1cc(N=CN(C)C)n(-c2nc3ccccc3s2)n1. The fourth-order valence-corrected chi connectivity index (χ4v) is 2.77. The highest BCUT2D eigenvalue weighted by Crippen LogP contribution is 2.27. The van der Waals surface area contributed by atoms with Crippen molar-refractivity contribution < 1.29 is 0 Å². The van der Waals surface area contributed by atoms with E-state index < -0.39 is 0 Å². The van der Waals surface area contributed by atoms with Gasteiger partial charge in [0.05, 0.1) is 22.2 Å². The number of nitrogens with zero attached hydrogens (tertiary/aromatic N) is 5. The summed E-state index contributed by atoms with van der Waals surface area (Å²) >= 11 is 1.61. The first-order chi connectivity index (χ1) is 9.63. The van der Waals surface area contributed by atoms with E-state index in [4.69, 9.17) is 0 Å². The van der Waals surface area contributed by atoms with Gasteiger partial charge in [-0.25, -0.2) is 9.98 Å². The summed E-state index contributed by atoms with van der Waals surface area (Å²) in [6.07, 6.45) is 1.76. The molecule has 0 saturated carbocycles. The van der Waals surface area contributed by atoms with Crippen LogP contribution in [0.5, 0.6) is 0 Å². The molecule has 6 heteroatoms. The Morgan fingerprint density at radius 1 is 1.30 bits per heavy atom. The van der Waals surface area contributed by atoms with Crippen molar-refractivity contribution in [1.29, 1.82) is 0 Å². The number of aryl methyl sites for hydroxylation is 1. The molecule has 0 atom stereocenters. The molecule has 0 fully saturated rings. The van der Waals surface area contributed by atoms with E-state index in [1.165, 1.54) is 0 Å². The molecule has 0 spiro atoms. The van der Waals surface area contributed by atoms with Gasteiger partial charge in [0.2, 0.25) is 5.13 Å². The molecule has 0 aliphatic rings. The van der Waals surface area contributed by atoms with Crippen molar-refractivity contribution in [1.82, 2.24) is 19.7 Å². The van der Waals surface area contributed by atoms with E-state index in [2.05, 4.69) is 21.1 Å². The van der Waals surface area contributed by atoms with Gasteiger partial charge in [0.1, 0.15) is 0 Å². The van der Waals surface area contributed by atoms with Crippen LogP contribution in [-0.4, -0.2) is 40.1 Å². The monoisotopic (exact) mass is 285 g/mol. The fraction of sp³-hybridized carbons (Fsp3) is 0.214. The Morgan fingerprint density at radius 2 is 2.10 bits per heavy atom. The highest BCUT2D eigenvalue weighted by molar-refractivity contribution is 7.20. The largest absolute Gasteiger partial charge is 0.369 e. The summed E-state index contributed by atoms with van der Waals surface area (Å²) in [5.41, 5.74) is 1.92. The first-order valence-electron chi connectivity index (χ1n) is 6.27. The summed E-state index contributed by atoms with van der Waals surface area (Å²) < 4.78 is 2.94. The molecular weight excluding hydrogens is 270 g/mol. The molecular formula is C14H15N5S. The van der Waals surface area contributed by atoms with Crippen molar-refractivity contribution in [3.8, 4) is 5.13 Å². The molecule has 0 saturated heterocycles. The lowest BCUT2D eigenvalue weighted by Gasteiger charge is -2.02. The zero-order valence-corrected chi connectivity index (χ0v) is 12.4. The molecule has 0 aliphatic heterocycles. The third kappa shape index (κ3) is 2.42. The lowest BCUT2D eigenvalue weighted by atomic mass is 10.3. The van der Waals surface area contributed by atoms with E-state index in [1.807, 2.05) is 50.2 Å². The normalized spacial score (nSPS) is 11.6. The van der Waals surface area contributed by atoms with Crippen molar-refractivity contribution in [3.63, 3.8) is 0 Å². The summed E-state index contributed by atoms with van der Waals surface area (Å²) in [7, 11) is 3.88. The first kappa shape index (κ1) is 12.8. The number of aliphatic imine (C=N–C) groups is 1. The minimum atomic E-state index is 0.787. The summed E-state index contributed by atoms with van der Waals surface area (Å²) in [4.78, 5) is 11.0. The second-order valence-electron chi connectivity index (χ2n) is 4.73. The van der Waals surface area contributed by atoms with Crippen LogP contribution >= 0.6 is 11.3 Å². The molecule has 20 heavy (non-hydrogen) atoms. The smallest absolute Gasteiger partial charge is 0.213 e. The number of hydrogen-bond donors (Lipinski definition) is 0. The van der Waals surface area contributed by atoms with Gasteiger partial charge >= 0.3 is 0 Å². The zero-order chi connectivity index (χ0) is 14.1. The fourth-order valence-electron chi connectivity index (χ4n) is 1.84. The van der Waals surface area contributed by atoms with Crippen molar-refractivity contribution in [2.45, 2.75) is 6.92 Å². The number of thiazole rings is 1. The van der Waals surface area contributed by atoms with E-state index in [-0.39, 0.29) is 0 Å². The third-order valence-corrected chi connectivity index (χ3v) is 3.71. The maximum absolute atomic E-state index is 4.62. The van der Waals surface area contributed by atoms with Gasteiger partial charge in [-0.05, 0) is 19.1 Å². The molecule has 5 nitrogen and oxygen atoms in total. The van der Waals surface area contributed by atoms with Gasteiger partial charge in [0, 0.05) is 20.2 Å².